The molecule has 154 valence electrons. The van der Waals surface area contributed by atoms with Crippen molar-refractivity contribution in [3.05, 3.63) is 65.5 Å². The lowest BCUT2D eigenvalue weighted by molar-refractivity contribution is -0.136. The van der Waals surface area contributed by atoms with Gasteiger partial charge in [0.15, 0.2) is 0 Å². The van der Waals surface area contributed by atoms with E-state index in [1.54, 1.807) is 4.90 Å². The first kappa shape index (κ1) is 20.0. The summed E-state index contributed by atoms with van der Waals surface area (Å²) in [5, 5.41) is 0. The second-order valence-corrected chi connectivity index (χ2v) is 9.12. The van der Waals surface area contributed by atoms with Crippen LogP contribution >= 0.6 is 0 Å². The molecule has 0 aliphatic carbocycles. The highest BCUT2D eigenvalue weighted by Crippen LogP contribution is 2.36. The van der Waals surface area contributed by atoms with Gasteiger partial charge in [0.25, 0.3) is 0 Å². The molecule has 1 unspecified atom stereocenters. The molecule has 2 aliphatic rings. The van der Waals surface area contributed by atoms with Gasteiger partial charge in [-0.3, -0.25) is 4.79 Å². The molecule has 0 spiro atoms. The topological polar surface area (TPSA) is 66.9 Å². The molecule has 2 aromatic rings. The minimum Gasteiger partial charge on any atom is -0.378 e. The number of carbonyl (C=O) groups excluding carboxylic acids is 1. The zero-order chi connectivity index (χ0) is 20.4. The molecule has 0 radical (unpaired) electrons. The minimum atomic E-state index is -3.88. The molecule has 1 atom stereocenters. The molecule has 4 rings (SSSR count). The van der Waals surface area contributed by atoms with Crippen molar-refractivity contribution in [1.29, 1.82) is 0 Å². The Bertz CT molecular complexity index is 988. The number of amides is 1. The van der Waals surface area contributed by atoms with Crippen molar-refractivity contribution in [2.24, 2.45) is 0 Å². The van der Waals surface area contributed by atoms with E-state index in [-0.39, 0.29) is 23.8 Å². The summed E-state index contributed by atoms with van der Waals surface area (Å²) in [5.74, 6) is -0.582. The number of nitrogens with zero attached hydrogens (tertiary/aromatic N) is 2. The lowest BCUT2D eigenvalue weighted by atomic mass is 9.92. The standard InChI is InChI=1S/C21H23FN2O4S/c22-17-5-7-18(8-6-17)29(26,27)24-10-9-16-3-1-2-4-19(16)20(24)15-21(25)23-11-13-28-14-12-23/h1-8,20H,9-15H2. The van der Waals surface area contributed by atoms with Gasteiger partial charge in [-0.1, -0.05) is 24.3 Å². The average Bonchev–Trinajstić information content (AvgIpc) is 2.74. The monoisotopic (exact) mass is 418 g/mol. The molecule has 29 heavy (non-hydrogen) atoms. The molecule has 0 bridgehead atoms. The van der Waals surface area contributed by atoms with Crippen LogP contribution in [0.2, 0.25) is 0 Å². The van der Waals surface area contributed by atoms with Crippen LogP contribution in [-0.4, -0.2) is 56.4 Å². The largest absolute Gasteiger partial charge is 0.378 e. The number of morpholine rings is 1. The molecule has 0 aromatic heterocycles. The third kappa shape index (κ3) is 4.05. The minimum absolute atomic E-state index is 0.0297. The number of carbonyl (C=O) groups is 1. The Morgan fingerprint density at radius 2 is 1.72 bits per heavy atom. The quantitative estimate of drug-likeness (QED) is 0.765. The summed E-state index contributed by atoms with van der Waals surface area (Å²) in [6.45, 7) is 2.28. The molecule has 2 aliphatic heterocycles. The lowest BCUT2D eigenvalue weighted by Crippen LogP contribution is -2.45. The predicted octanol–water partition coefficient (Wildman–Crippen LogP) is 2.36. The maximum atomic E-state index is 13.3. The molecule has 2 heterocycles. The van der Waals surface area contributed by atoms with Gasteiger partial charge in [-0.15, -0.1) is 0 Å². The fourth-order valence-electron chi connectivity index (χ4n) is 3.98. The van der Waals surface area contributed by atoms with E-state index in [1.807, 2.05) is 24.3 Å². The summed E-state index contributed by atoms with van der Waals surface area (Å²) in [6.07, 6.45) is 0.635. The highest BCUT2D eigenvalue weighted by Gasteiger charge is 2.38. The van der Waals surface area contributed by atoms with Crippen molar-refractivity contribution in [3.63, 3.8) is 0 Å². The summed E-state index contributed by atoms with van der Waals surface area (Å²) < 4.78 is 46.7. The van der Waals surface area contributed by atoms with Crippen molar-refractivity contribution in [3.8, 4) is 0 Å². The molecular formula is C21H23FN2O4S. The van der Waals surface area contributed by atoms with Crippen LogP contribution in [0, 0.1) is 5.82 Å². The Kier molecular flexibility index (Phi) is 5.67. The zero-order valence-electron chi connectivity index (χ0n) is 16.0. The molecule has 1 fully saturated rings. The maximum absolute atomic E-state index is 13.3. The highest BCUT2D eigenvalue weighted by molar-refractivity contribution is 7.89. The van der Waals surface area contributed by atoms with Gasteiger partial charge < -0.3 is 9.64 Å². The van der Waals surface area contributed by atoms with Gasteiger partial charge in [0, 0.05) is 26.1 Å². The number of fused-ring (bicyclic) bond motifs is 1. The van der Waals surface area contributed by atoms with Crippen molar-refractivity contribution in [1.82, 2.24) is 9.21 Å². The fraction of sp³-hybridized carbons (Fsp3) is 0.381. The first-order valence-electron chi connectivity index (χ1n) is 9.67. The van der Waals surface area contributed by atoms with Crippen LogP contribution in [0.5, 0.6) is 0 Å². The Balaban J connectivity index is 1.68. The van der Waals surface area contributed by atoms with Gasteiger partial charge in [-0.2, -0.15) is 4.31 Å². The lowest BCUT2D eigenvalue weighted by Gasteiger charge is -2.37. The van der Waals surface area contributed by atoms with E-state index in [0.29, 0.717) is 32.7 Å². The zero-order valence-corrected chi connectivity index (χ0v) is 16.8. The van der Waals surface area contributed by atoms with Crippen molar-refractivity contribution >= 4 is 15.9 Å². The SMILES string of the molecule is O=C(CC1c2ccccc2CCN1S(=O)(=O)c1ccc(F)cc1)N1CCOCC1. The third-order valence-electron chi connectivity index (χ3n) is 5.52. The van der Waals surface area contributed by atoms with Crippen LogP contribution in [0.25, 0.3) is 0 Å². The second-order valence-electron chi connectivity index (χ2n) is 7.23. The fourth-order valence-corrected chi connectivity index (χ4v) is 5.58. The number of rotatable bonds is 4. The molecule has 0 N–H and O–H groups in total. The first-order chi connectivity index (χ1) is 14.0. The predicted molar refractivity (Wildman–Crippen MR) is 105 cm³/mol. The summed E-state index contributed by atoms with van der Waals surface area (Å²) in [6, 6.07) is 11.9. The van der Waals surface area contributed by atoms with Gasteiger partial charge in [-0.05, 0) is 41.8 Å². The van der Waals surface area contributed by atoms with E-state index in [1.165, 1.54) is 16.4 Å². The molecule has 0 saturated carbocycles. The third-order valence-corrected chi connectivity index (χ3v) is 7.44. The average molecular weight is 418 g/mol. The van der Waals surface area contributed by atoms with Crippen LogP contribution in [0.15, 0.2) is 53.4 Å². The van der Waals surface area contributed by atoms with Crippen LogP contribution < -0.4 is 0 Å². The van der Waals surface area contributed by atoms with Crippen molar-refractivity contribution in [2.45, 2.75) is 23.8 Å². The molecule has 6 nitrogen and oxygen atoms in total. The number of hydrogen-bond acceptors (Lipinski definition) is 4. The van der Waals surface area contributed by atoms with E-state index in [9.17, 15) is 17.6 Å². The van der Waals surface area contributed by atoms with E-state index in [4.69, 9.17) is 4.74 Å². The van der Waals surface area contributed by atoms with E-state index in [0.717, 1.165) is 23.3 Å². The summed E-state index contributed by atoms with van der Waals surface area (Å²) in [7, 11) is -3.88. The normalized spacial score (nSPS) is 20.3. The van der Waals surface area contributed by atoms with Gasteiger partial charge >= 0.3 is 0 Å². The Labute approximate surface area is 169 Å². The van der Waals surface area contributed by atoms with E-state index < -0.39 is 21.9 Å². The number of sulfonamides is 1. The number of benzene rings is 2. The van der Waals surface area contributed by atoms with Crippen molar-refractivity contribution in [2.75, 3.05) is 32.8 Å². The van der Waals surface area contributed by atoms with E-state index >= 15 is 0 Å². The van der Waals surface area contributed by atoms with Crippen LogP contribution in [0.4, 0.5) is 4.39 Å². The van der Waals surface area contributed by atoms with Crippen LogP contribution in [0.3, 0.4) is 0 Å². The number of halogens is 1. The van der Waals surface area contributed by atoms with Crippen LogP contribution in [-0.2, 0) is 26.0 Å². The van der Waals surface area contributed by atoms with Gasteiger partial charge in [0.1, 0.15) is 5.82 Å². The Morgan fingerprint density at radius 1 is 1.03 bits per heavy atom. The van der Waals surface area contributed by atoms with Crippen LogP contribution in [0.1, 0.15) is 23.6 Å². The molecule has 1 saturated heterocycles. The Morgan fingerprint density at radius 3 is 2.45 bits per heavy atom. The first-order valence-corrected chi connectivity index (χ1v) is 11.1. The van der Waals surface area contributed by atoms with Crippen molar-refractivity contribution < 1.29 is 22.3 Å². The van der Waals surface area contributed by atoms with Gasteiger partial charge in [0.05, 0.1) is 24.2 Å². The van der Waals surface area contributed by atoms with Gasteiger partial charge in [0.2, 0.25) is 15.9 Å². The molecule has 2 aromatic carbocycles. The summed E-state index contributed by atoms with van der Waals surface area (Å²) in [5.41, 5.74) is 1.91. The molecule has 1 amide bonds. The summed E-state index contributed by atoms with van der Waals surface area (Å²) >= 11 is 0. The number of ether oxygens (including phenoxy) is 1. The second kappa shape index (κ2) is 8.22. The summed E-state index contributed by atoms with van der Waals surface area (Å²) in [4.78, 5) is 14.7. The highest BCUT2D eigenvalue weighted by atomic mass is 32.2. The number of hydrogen-bond donors (Lipinski definition) is 0. The molecule has 8 heteroatoms. The van der Waals surface area contributed by atoms with E-state index in [2.05, 4.69) is 0 Å². The smallest absolute Gasteiger partial charge is 0.243 e. The Hall–Kier alpha value is -2.29. The maximum Gasteiger partial charge on any atom is 0.243 e. The van der Waals surface area contributed by atoms with Gasteiger partial charge in [-0.25, -0.2) is 12.8 Å². The molecular weight excluding hydrogens is 395 g/mol.